The molecule has 0 fully saturated rings. The van der Waals surface area contributed by atoms with Crippen molar-refractivity contribution in [3.05, 3.63) is 24.3 Å². The number of nitrogens with one attached hydrogen (secondary N) is 2. The molecule has 1 heterocycles. The summed E-state index contributed by atoms with van der Waals surface area (Å²) in [5, 5.41) is 2.64. The maximum atomic E-state index is 12.2. The van der Waals surface area contributed by atoms with E-state index in [4.69, 9.17) is 0 Å². The molecule has 2 rings (SSSR count). The largest absolute Gasteiger partial charge is 0.326 e. The second-order valence-corrected chi connectivity index (χ2v) is 6.15. The molecule has 0 atom stereocenters. The summed E-state index contributed by atoms with van der Waals surface area (Å²) in [6, 6.07) is 6.17. The molecule has 108 valence electrons. The topological polar surface area (TPSA) is 87.6 Å². The van der Waals surface area contributed by atoms with Gasteiger partial charge in [-0.2, -0.15) is 0 Å². The maximum Gasteiger partial charge on any atom is 0.262 e. The number of hydrogen-bond donors (Lipinski definition) is 2. The lowest BCUT2D eigenvalue weighted by atomic mass is 10.3. The lowest BCUT2D eigenvalue weighted by Crippen LogP contribution is -2.29. The molecule has 1 aliphatic heterocycles. The fourth-order valence-electron chi connectivity index (χ4n) is 1.83. The van der Waals surface area contributed by atoms with Gasteiger partial charge in [0, 0.05) is 25.1 Å². The molecular formula is C13H17N3O3S. The van der Waals surface area contributed by atoms with Gasteiger partial charge in [-0.1, -0.05) is 13.0 Å². The Labute approximate surface area is 118 Å². The zero-order valence-electron chi connectivity index (χ0n) is 11.2. The molecule has 1 amide bonds. The molecule has 0 spiro atoms. The van der Waals surface area contributed by atoms with Crippen molar-refractivity contribution in [2.75, 3.05) is 11.9 Å². The highest BCUT2D eigenvalue weighted by molar-refractivity contribution is 7.90. The van der Waals surface area contributed by atoms with E-state index in [9.17, 15) is 13.2 Å². The Morgan fingerprint density at radius 3 is 2.85 bits per heavy atom. The third kappa shape index (κ3) is 3.57. The normalized spacial score (nSPS) is 14.8. The maximum absolute atomic E-state index is 12.2. The minimum atomic E-state index is -3.64. The van der Waals surface area contributed by atoms with E-state index in [0.29, 0.717) is 30.9 Å². The monoisotopic (exact) mass is 295 g/mol. The van der Waals surface area contributed by atoms with Crippen LogP contribution in [0.25, 0.3) is 0 Å². The summed E-state index contributed by atoms with van der Waals surface area (Å²) < 4.78 is 26.9. The number of nitrogens with zero attached hydrogens (tertiary/aromatic N) is 1. The molecule has 1 aromatic carbocycles. The van der Waals surface area contributed by atoms with E-state index in [1.807, 2.05) is 0 Å². The summed E-state index contributed by atoms with van der Waals surface area (Å²) in [4.78, 5) is 15.5. The first-order valence-corrected chi connectivity index (χ1v) is 7.95. The van der Waals surface area contributed by atoms with Crippen molar-refractivity contribution in [1.29, 1.82) is 0 Å². The number of anilines is 1. The van der Waals surface area contributed by atoms with Crippen LogP contribution in [0.5, 0.6) is 0 Å². The average molecular weight is 295 g/mol. The van der Waals surface area contributed by atoms with Crippen LogP contribution in [0.3, 0.4) is 0 Å². The van der Waals surface area contributed by atoms with Gasteiger partial charge < -0.3 is 5.32 Å². The van der Waals surface area contributed by atoms with Crippen LogP contribution in [-0.4, -0.2) is 26.7 Å². The van der Waals surface area contributed by atoms with Crippen molar-refractivity contribution >= 4 is 27.5 Å². The minimum Gasteiger partial charge on any atom is -0.326 e. The zero-order chi connectivity index (χ0) is 14.6. The molecule has 0 unspecified atom stereocenters. The van der Waals surface area contributed by atoms with Crippen LogP contribution in [0.2, 0.25) is 0 Å². The predicted molar refractivity (Wildman–Crippen MR) is 77.2 cm³/mol. The number of aliphatic imine (C=N–C) groups is 1. The van der Waals surface area contributed by atoms with E-state index in [-0.39, 0.29) is 10.8 Å². The molecule has 1 aromatic rings. The number of benzene rings is 1. The van der Waals surface area contributed by atoms with Gasteiger partial charge in [-0.15, -0.1) is 0 Å². The first kappa shape index (κ1) is 14.5. The molecule has 2 N–H and O–H groups in total. The molecule has 1 aliphatic rings. The van der Waals surface area contributed by atoms with Gasteiger partial charge in [0.05, 0.1) is 4.90 Å². The van der Waals surface area contributed by atoms with Gasteiger partial charge in [-0.25, -0.2) is 8.42 Å². The number of carbonyl (C=O) groups is 1. The van der Waals surface area contributed by atoms with E-state index in [2.05, 4.69) is 15.0 Å². The number of sulfonamides is 1. The lowest BCUT2D eigenvalue weighted by Gasteiger charge is -2.09. The van der Waals surface area contributed by atoms with E-state index in [1.165, 1.54) is 12.1 Å². The van der Waals surface area contributed by atoms with Crippen molar-refractivity contribution < 1.29 is 13.2 Å². The van der Waals surface area contributed by atoms with Crippen LogP contribution in [0.4, 0.5) is 5.69 Å². The number of rotatable bonds is 4. The van der Waals surface area contributed by atoms with Crippen LogP contribution < -0.4 is 10.0 Å². The van der Waals surface area contributed by atoms with Crippen molar-refractivity contribution in [1.82, 2.24) is 4.72 Å². The molecule has 7 heteroatoms. The molecule has 6 nitrogen and oxygen atoms in total. The van der Waals surface area contributed by atoms with Gasteiger partial charge >= 0.3 is 0 Å². The van der Waals surface area contributed by atoms with Gasteiger partial charge in [0.2, 0.25) is 5.91 Å². The molecule has 0 aliphatic carbocycles. The Morgan fingerprint density at radius 2 is 2.20 bits per heavy atom. The van der Waals surface area contributed by atoms with E-state index >= 15 is 0 Å². The van der Waals surface area contributed by atoms with E-state index < -0.39 is 10.0 Å². The Bertz CT molecular complexity index is 638. The van der Waals surface area contributed by atoms with Crippen LogP contribution in [0, 0.1) is 0 Å². The highest BCUT2D eigenvalue weighted by atomic mass is 32.2. The SMILES string of the molecule is CCC(=O)Nc1cccc(S(=O)(=O)NC2=NCCC2)c1. The lowest BCUT2D eigenvalue weighted by molar-refractivity contribution is -0.115. The Hall–Kier alpha value is -1.89. The number of carbonyl (C=O) groups excluding carboxylic acids is 1. The second-order valence-electron chi connectivity index (χ2n) is 4.47. The fraction of sp³-hybridized carbons (Fsp3) is 0.385. The van der Waals surface area contributed by atoms with Gasteiger partial charge in [-0.05, 0) is 24.6 Å². The number of hydrogen-bond acceptors (Lipinski definition) is 4. The summed E-state index contributed by atoms with van der Waals surface area (Å²) in [6.45, 7) is 2.39. The minimum absolute atomic E-state index is 0.112. The smallest absolute Gasteiger partial charge is 0.262 e. The Kier molecular flexibility index (Phi) is 4.39. The quantitative estimate of drug-likeness (QED) is 0.882. The first-order valence-electron chi connectivity index (χ1n) is 6.47. The summed E-state index contributed by atoms with van der Waals surface area (Å²) in [7, 11) is -3.64. The van der Waals surface area contributed by atoms with Crippen LogP contribution >= 0.6 is 0 Å². The summed E-state index contributed by atoms with van der Waals surface area (Å²) in [6.07, 6.45) is 1.85. The number of amides is 1. The standard InChI is InChI=1S/C13H17N3O3S/c1-2-13(17)15-10-5-3-6-11(9-10)20(18,19)16-12-7-4-8-14-12/h3,5-6,9H,2,4,7-8H2,1H3,(H,14,16)(H,15,17). The van der Waals surface area contributed by atoms with Crippen LogP contribution in [0.15, 0.2) is 34.2 Å². The third-order valence-electron chi connectivity index (χ3n) is 2.88. The highest BCUT2D eigenvalue weighted by Crippen LogP contribution is 2.16. The van der Waals surface area contributed by atoms with E-state index in [1.54, 1.807) is 19.1 Å². The van der Waals surface area contributed by atoms with Gasteiger partial charge in [0.1, 0.15) is 5.84 Å². The second kappa shape index (κ2) is 6.04. The molecule has 0 saturated carbocycles. The molecule has 0 bridgehead atoms. The first-order chi connectivity index (χ1) is 9.51. The van der Waals surface area contributed by atoms with Gasteiger partial charge in [0.15, 0.2) is 0 Å². The molecule has 0 radical (unpaired) electrons. The Balaban J connectivity index is 2.18. The van der Waals surface area contributed by atoms with Crippen molar-refractivity contribution in [3.8, 4) is 0 Å². The van der Waals surface area contributed by atoms with Crippen molar-refractivity contribution in [2.24, 2.45) is 4.99 Å². The molecular weight excluding hydrogens is 278 g/mol. The Morgan fingerprint density at radius 1 is 1.40 bits per heavy atom. The average Bonchev–Trinajstić information content (AvgIpc) is 2.91. The number of amidine groups is 1. The third-order valence-corrected chi connectivity index (χ3v) is 4.25. The molecule has 0 aromatic heterocycles. The van der Waals surface area contributed by atoms with E-state index in [0.717, 1.165) is 6.42 Å². The van der Waals surface area contributed by atoms with Crippen LogP contribution in [0.1, 0.15) is 26.2 Å². The highest BCUT2D eigenvalue weighted by Gasteiger charge is 2.18. The molecule has 20 heavy (non-hydrogen) atoms. The predicted octanol–water partition coefficient (Wildman–Crippen LogP) is 1.51. The van der Waals surface area contributed by atoms with Gasteiger partial charge in [-0.3, -0.25) is 14.5 Å². The summed E-state index contributed by atoms with van der Waals surface area (Å²) in [5.41, 5.74) is 0.466. The fourth-order valence-corrected chi connectivity index (χ4v) is 2.96. The van der Waals surface area contributed by atoms with Crippen molar-refractivity contribution in [3.63, 3.8) is 0 Å². The van der Waals surface area contributed by atoms with Gasteiger partial charge in [0.25, 0.3) is 10.0 Å². The van der Waals surface area contributed by atoms with Crippen molar-refractivity contribution in [2.45, 2.75) is 31.1 Å². The molecule has 0 saturated heterocycles. The zero-order valence-corrected chi connectivity index (χ0v) is 12.0. The summed E-state index contributed by atoms with van der Waals surface area (Å²) in [5.74, 6) is 0.334. The summed E-state index contributed by atoms with van der Waals surface area (Å²) >= 11 is 0. The van der Waals surface area contributed by atoms with Crippen LogP contribution in [-0.2, 0) is 14.8 Å².